The minimum absolute atomic E-state index is 0.0756. The summed E-state index contributed by atoms with van der Waals surface area (Å²) < 4.78 is 0. The molecule has 2 aliphatic rings. The molecule has 2 saturated heterocycles. The van der Waals surface area contributed by atoms with Crippen LogP contribution < -0.4 is 10.6 Å². The summed E-state index contributed by atoms with van der Waals surface area (Å²) in [6.07, 6.45) is 3.03. The van der Waals surface area contributed by atoms with Crippen LogP contribution in [0.15, 0.2) is 30.3 Å². The monoisotopic (exact) mass is 414 g/mol. The lowest BCUT2D eigenvalue weighted by atomic mass is 10.0. The number of hydrogen-bond acceptors (Lipinski definition) is 5. The van der Waals surface area contributed by atoms with Crippen LogP contribution >= 0.6 is 0 Å². The number of carbonyl (C=O) groups excluding carboxylic acids is 4. The van der Waals surface area contributed by atoms with Crippen LogP contribution in [0.25, 0.3) is 0 Å². The maximum absolute atomic E-state index is 13.3. The Balaban J connectivity index is 1.81. The zero-order chi connectivity index (χ0) is 21.7. The molecule has 3 rings (SSSR count). The fourth-order valence-electron chi connectivity index (χ4n) is 4.19. The van der Waals surface area contributed by atoms with E-state index >= 15 is 0 Å². The number of hydrogen-bond donors (Lipinski definition) is 2. The maximum atomic E-state index is 13.3. The molecule has 1 aromatic rings. The van der Waals surface area contributed by atoms with E-state index in [-0.39, 0.29) is 36.7 Å². The summed E-state index contributed by atoms with van der Waals surface area (Å²) in [7, 11) is 1.67. The third kappa shape index (κ3) is 4.87. The zero-order valence-corrected chi connectivity index (χ0v) is 17.5. The van der Waals surface area contributed by atoms with Gasteiger partial charge in [0.05, 0.1) is 18.5 Å². The second-order valence-corrected chi connectivity index (χ2v) is 8.04. The molecule has 0 aromatic heterocycles. The normalized spacial score (nSPS) is 25.1. The molecular formula is C22H30N4O4. The molecule has 30 heavy (non-hydrogen) atoms. The Morgan fingerprint density at radius 3 is 2.60 bits per heavy atom. The average molecular weight is 415 g/mol. The standard InChI is InChI=1S/C22H30N4O4/c1-15(23-2)21(29)24-19-13-25(20(28)12-16-6-4-3-5-7-16)11-10-17-8-9-18(14-27)26(17)22(19)30/h3-7,14-15,17-19,23H,8-13H2,1-2H3,(H,24,29)/t15-,17+,18-,19-/m0/s1. The molecule has 0 radical (unpaired) electrons. The van der Waals surface area contributed by atoms with Gasteiger partial charge in [-0.1, -0.05) is 30.3 Å². The highest BCUT2D eigenvalue weighted by Gasteiger charge is 2.42. The molecule has 3 amide bonds. The fraction of sp³-hybridized carbons (Fsp3) is 0.545. The van der Waals surface area contributed by atoms with Gasteiger partial charge >= 0.3 is 0 Å². The molecule has 0 aliphatic carbocycles. The number of benzene rings is 1. The van der Waals surface area contributed by atoms with E-state index in [1.165, 1.54) is 0 Å². The Kier molecular flexibility index (Phi) is 7.20. The minimum Gasteiger partial charge on any atom is -0.341 e. The summed E-state index contributed by atoms with van der Waals surface area (Å²) in [5, 5.41) is 5.65. The van der Waals surface area contributed by atoms with Gasteiger partial charge in [-0.15, -0.1) is 0 Å². The van der Waals surface area contributed by atoms with E-state index in [9.17, 15) is 19.2 Å². The highest BCUT2D eigenvalue weighted by molar-refractivity contribution is 5.92. The van der Waals surface area contributed by atoms with Crippen LogP contribution in [-0.2, 0) is 25.6 Å². The molecule has 2 heterocycles. The van der Waals surface area contributed by atoms with Crippen molar-refractivity contribution in [2.24, 2.45) is 0 Å². The largest absolute Gasteiger partial charge is 0.341 e. The van der Waals surface area contributed by atoms with E-state index in [1.54, 1.807) is 23.8 Å². The van der Waals surface area contributed by atoms with Crippen LogP contribution in [0.1, 0.15) is 31.7 Å². The lowest BCUT2D eigenvalue weighted by Crippen LogP contribution is -2.61. The molecule has 4 atom stereocenters. The lowest BCUT2D eigenvalue weighted by molar-refractivity contribution is -0.144. The van der Waals surface area contributed by atoms with Gasteiger partial charge < -0.3 is 25.2 Å². The number of rotatable bonds is 6. The lowest BCUT2D eigenvalue weighted by Gasteiger charge is -2.38. The molecule has 1 aromatic carbocycles. The molecule has 2 aliphatic heterocycles. The summed E-state index contributed by atoms with van der Waals surface area (Å²) in [5.41, 5.74) is 0.906. The van der Waals surface area contributed by atoms with Crippen molar-refractivity contribution in [2.75, 3.05) is 20.1 Å². The van der Waals surface area contributed by atoms with Crippen LogP contribution in [0.5, 0.6) is 0 Å². The first-order valence-corrected chi connectivity index (χ1v) is 10.5. The van der Waals surface area contributed by atoms with Gasteiger partial charge in [0.25, 0.3) is 0 Å². The van der Waals surface area contributed by atoms with Gasteiger partial charge in [0.15, 0.2) is 0 Å². The van der Waals surface area contributed by atoms with Gasteiger partial charge in [0.1, 0.15) is 12.3 Å². The van der Waals surface area contributed by atoms with E-state index in [1.807, 2.05) is 30.3 Å². The van der Waals surface area contributed by atoms with Gasteiger partial charge in [-0.2, -0.15) is 0 Å². The topological polar surface area (TPSA) is 98.8 Å². The van der Waals surface area contributed by atoms with Crippen molar-refractivity contribution in [1.82, 2.24) is 20.4 Å². The first-order chi connectivity index (χ1) is 14.4. The van der Waals surface area contributed by atoms with E-state index in [4.69, 9.17) is 0 Å². The Morgan fingerprint density at radius 1 is 1.20 bits per heavy atom. The molecule has 0 saturated carbocycles. The Morgan fingerprint density at radius 2 is 1.93 bits per heavy atom. The van der Waals surface area contributed by atoms with E-state index in [0.29, 0.717) is 19.4 Å². The number of fused-ring (bicyclic) bond motifs is 1. The summed E-state index contributed by atoms with van der Waals surface area (Å²) in [6, 6.07) is 7.55. The number of carbonyl (C=O) groups is 4. The molecule has 0 spiro atoms. The molecule has 0 bridgehead atoms. The highest BCUT2D eigenvalue weighted by atomic mass is 16.2. The third-order valence-corrected chi connectivity index (χ3v) is 6.08. The zero-order valence-electron chi connectivity index (χ0n) is 17.5. The van der Waals surface area contributed by atoms with Crippen molar-refractivity contribution in [3.63, 3.8) is 0 Å². The molecule has 8 nitrogen and oxygen atoms in total. The van der Waals surface area contributed by atoms with Crippen LogP contribution in [0.3, 0.4) is 0 Å². The molecular weight excluding hydrogens is 384 g/mol. The Bertz CT molecular complexity index is 785. The van der Waals surface area contributed by atoms with Crippen molar-refractivity contribution < 1.29 is 19.2 Å². The molecule has 2 N–H and O–H groups in total. The summed E-state index contributed by atoms with van der Waals surface area (Å²) >= 11 is 0. The summed E-state index contributed by atoms with van der Waals surface area (Å²) in [4.78, 5) is 53.6. The fourth-order valence-corrected chi connectivity index (χ4v) is 4.19. The van der Waals surface area contributed by atoms with Crippen LogP contribution in [-0.4, -0.2) is 78.1 Å². The number of aldehydes is 1. The molecule has 162 valence electrons. The first kappa shape index (κ1) is 22.0. The van der Waals surface area contributed by atoms with Crippen LogP contribution in [0, 0.1) is 0 Å². The van der Waals surface area contributed by atoms with Crippen LogP contribution in [0.4, 0.5) is 0 Å². The smallest absolute Gasteiger partial charge is 0.247 e. The van der Waals surface area contributed by atoms with Crippen molar-refractivity contribution in [1.29, 1.82) is 0 Å². The molecule has 0 unspecified atom stereocenters. The second kappa shape index (κ2) is 9.84. The molecule has 8 heteroatoms. The Hall–Kier alpha value is -2.74. The van der Waals surface area contributed by atoms with Gasteiger partial charge in [0, 0.05) is 19.1 Å². The van der Waals surface area contributed by atoms with Gasteiger partial charge in [0.2, 0.25) is 17.7 Å². The minimum atomic E-state index is -0.878. The third-order valence-electron chi connectivity index (χ3n) is 6.08. The predicted octanol–water partition coefficient (Wildman–Crippen LogP) is 0.113. The van der Waals surface area contributed by atoms with E-state index in [0.717, 1.165) is 18.3 Å². The quantitative estimate of drug-likeness (QED) is 0.644. The summed E-state index contributed by atoms with van der Waals surface area (Å²) in [5.74, 6) is -0.679. The number of likely N-dealkylation sites (N-methyl/N-ethyl adjacent to an activating group) is 1. The van der Waals surface area contributed by atoms with Crippen molar-refractivity contribution in [3.05, 3.63) is 35.9 Å². The van der Waals surface area contributed by atoms with Gasteiger partial charge in [-0.25, -0.2) is 0 Å². The van der Waals surface area contributed by atoms with E-state index < -0.39 is 18.1 Å². The second-order valence-electron chi connectivity index (χ2n) is 8.04. The first-order valence-electron chi connectivity index (χ1n) is 10.5. The van der Waals surface area contributed by atoms with Gasteiger partial charge in [-0.05, 0) is 38.8 Å². The SMILES string of the molecule is CN[C@@H](C)C(=O)N[C@H]1CN(C(=O)Cc2ccccc2)CC[C@H]2CC[C@@H](C=O)N2C1=O. The maximum Gasteiger partial charge on any atom is 0.247 e. The average Bonchev–Trinajstić information content (AvgIpc) is 3.16. The predicted molar refractivity (Wildman–Crippen MR) is 112 cm³/mol. The highest BCUT2D eigenvalue weighted by Crippen LogP contribution is 2.28. The number of nitrogens with one attached hydrogen (secondary N) is 2. The summed E-state index contributed by atoms with van der Waals surface area (Å²) in [6.45, 7) is 2.29. The van der Waals surface area contributed by atoms with Crippen molar-refractivity contribution in [3.8, 4) is 0 Å². The van der Waals surface area contributed by atoms with Crippen molar-refractivity contribution >= 4 is 24.0 Å². The number of amides is 3. The van der Waals surface area contributed by atoms with E-state index in [2.05, 4.69) is 10.6 Å². The van der Waals surface area contributed by atoms with Crippen LogP contribution in [0.2, 0.25) is 0 Å². The number of nitrogens with zero attached hydrogens (tertiary/aromatic N) is 2. The molecule has 2 fully saturated rings. The van der Waals surface area contributed by atoms with Gasteiger partial charge in [-0.3, -0.25) is 14.4 Å². The van der Waals surface area contributed by atoms with Crippen molar-refractivity contribution in [2.45, 2.75) is 56.8 Å². The Labute approximate surface area is 177 Å².